The molecule has 0 aliphatic heterocycles. The maximum absolute atomic E-state index is 12.3. The molecule has 1 heterocycles. The quantitative estimate of drug-likeness (QED) is 0.680. The molecule has 1 N–H and O–H groups in total. The van der Waals surface area contributed by atoms with Crippen LogP contribution in [0.2, 0.25) is 0 Å². The van der Waals surface area contributed by atoms with Gasteiger partial charge in [0, 0.05) is 5.56 Å². The van der Waals surface area contributed by atoms with Gasteiger partial charge in [-0.3, -0.25) is 10.1 Å². The second-order valence-corrected chi connectivity index (χ2v) is 5.05. The summed E-state index contributed by atoms with van der Waals surface area (Å²) < 4.78 is 15.9. The Bertz CT molecular complexity index is 663. The predicted molar refractivity (Wildman–Crippen MR) is 86.5 cm³/mol. The number of nitrogens with one attached hydrogen (secondary N) is 1. The summed E-state index contributed by atoms with van der Waals surface area (Å²) in [7, 11) is 1.55. The number of methoxy groups -OCH3 is 1. The van der Waals surface area contributed by atoms with E-state index in [-0.39, 0.29) is 24.6 Å². The van der Waals surface area contributed by atoms with E-state index < -0.39 is 0 Å². The van der Waals surface area contributed by atoms with Gasteiger partial charge in [0.25, 0.3) is 11.9 Å². The van der Waals surface area contributed by atoms with Gasteiger partial charge in [0.05, 0.1) is 19.5 Å². The van der Waals surface area contributed by atoms with E-state index in [1.165, 1.54) is 0 Å². The van der Waals surface area contributed by atoms with Gasteiger partial charge in [0.15, 0.2) is 0 Å². The van der Waals surface area contributed by atoms with Crippen LogP contribution in [0.15, 0.2) is 52.1 Å². The Hall–Kier alpha value is -2.76. The Morgan fingerprint density at radius 3 is 2.78 bits per heavy atom. The van der Waals surface area contributed by atoms with Crippen molar-refractivity contribution in [2.24, 2.45) is 4.99 Å². The first kappa shape index (κ1) is 16.6. The highest BCUT2D eigenvalue weighted by Gasteiger charge is 2.12. The largest absolute Gasteiger partial charge is 0.497 e. The monoisotopic (exact) mass is 316 g/mol. The minimum atomic E-state index is -0.317. The number of hydrogen-bond acceptors (Lipinski definition) is 5. The first-order valence-corrected chi connectivity index (χ1v) is 7.27. The molecule has 1 aromatic carbocycles. The standard InChI is InChI=1S/C17H20N2O4/c1-12(2)23-17(18-11-15-8-5-9-22-15)19-16(20)13-6-4-7-14(10-13)21-3/h4-10,12H,11H2,1-3H3,(H,18,19,20). The molecule has 0 unspecified atom stereocenters. The molecule has 6 heteroatoms. The molecule has 0 fully saturated rings. The number of nitrogens with zero attached hydrogens (tertiary/aromatic N) is 1. The van der Waals surface area contributed by atoms with Crippen molar-refractivity contribution in [2.45, 2.75) is 26.5 Å². The average Bonchev–Trinajstić information content (AvgIpc) is 3.05. The van der Waals surface area contributed by atoms with Crippen LogP contribution in [0.1, 0.15) is 30.0 Å². The van der Waals surface area contributed by atoms with E-state index in [0.717, 1.165) is 0 Å². The summed E-state index contributed by atoms with van der Waals surface area (Å²) in [6.07, 6.45) is 1.46. The molecule has 2 aromatic rings. The molecule has 0 radical (unpaired) electrons. The zero-order valence-corrected chi connectivity index (χ0v) is 13.4. The van der Waals surface area contributed by atoms with E-state index in [4.69, 9.17) is 13.9 Å². The number of carbonyl (C=O) groups excluding carboxylic acids is 1. The molecule has 0 bridgehead atoms. The summed E-state index contributed by atoms with van der Waals surface area (Å²) in [5.74, 6) is 0.977. The number of hydrogen-bond donors (Lipinski definition) is 1. The Morgan fingerprint density at radius 1 is 1.30 bits per heavy atom. The number of rotatable bonds is 5. The fraction of sp³-hybridized carbons (Fsp3) is 0.294. The van der Waals surface area contributed by atoms with E-state index in [2.05, 4.69) is 10.3 Å². The van der Waals surface area contributed by atoms with Crippen LogP contribution in [0.4, 0.5) is 0 Å². The highest BCUT2D eigenvalue weighted by molar-refractivity contribution is 6.04. The van der Waals surface area contributed by atoms with Crippen molar-refractivity contribution in [3.05, 3.63) is 54.0 Å². The summed E-state index contributed by atoms with van der Waals surface area (Å²) in [5, 5.41) is 2.67. The molecule has 0 atom stereocenters. The van der Waals surface area contributed by atoms with E-state index in [1.54, 1.807) is 49.8 Å². The van der Waals surface area contributed by atoms with Gasteiger partial charge in [0.2, 0.25) is 0 Å². The zero-order chi connectivity index (χ0) is 16.7. The van der Waals surface area contributed by atoms with Crippen LogP contribution in [0.3, 0.4) is 0 Å². The number of ether oxygens (including phenoxy) is 2. The minimum Gasteiger partial charge on any atom is -0.497 e. The maximum Gasteiger partial charge on any atom is 0.292 e. The Kier molecular flexibility index (Phi) is 5.80. The van der Waals surface area contributed by atoms with Crippen LogP contribution in [0.5, 0.6) is 5.75 Å². The van der Waals surface area contributed by atoms with Gasteiger partial charge in [-0.1, -0.05) is 6.07 Å². The molecule has 0 aliphatic carbocycles. The third-order valence-corrected chi connectivity index (χ3v) is 2.86. The van der Waals surface area contributed by atoms with Gasteiger partial charge in [-0.15, -0.1) is 0 Å². The SMILES string of the molecule is COc1cccc(C(=O)NC(=NCc2ccco2)OC(C)C)c1. The highest BCUT2D eigenvalue weighted by atomic mass is 16.5. The lowest BCUT2D eigenvalue weighted by atomic mass is 10.2. The number of amides is 1. The fourth-order valence-corrected chi connectivity index (χ4v) is 1.82. The zero-order valence-electron chi connectivity index (χ0n) is 13.4. The molecule has 0 spiro atoms. The van der Waals surface area contributed by atoms with Crippen molar-refractivity contribution in [3.8, 4) is 5.75 Å². The molecule has 0 aliphatic rings. The first-order valence-electron chi connectivity index (χ1n) is 7.27. The van der Waals surface area contributed by atoms with Crippen LogP contribution >= 0.6 is 0 Å². The first-order chi connectivity index (χ1) is 11.1. The van der Waals surface area contributed by atoms with Crippen molar-refractivity contribution in [2.75, 3.05) is 7.11 Å². The lowest BCUT2D eigenvalue weighted by Gasteiger charge is -2.13. The Labute approximate surface area is 135 Å². The molecule has 122 valence electrons. The maximum atomic E-state index is 12.3. The molecular formula is C17H20N2O4. The lowest BCUT2D eigenvalue weighted by molar-refractivity contribution is 0.0959. The summed E-state index contributed by atoms with van der Waals surface area (Å²) in [6, 6.07) is 10.6. The predicted octanol–water partition coefficient (Wildman–Crippen LogP) is 3.00. The normalized spacial score (nSPS) is 11.4. The molecular weight excluding hydrogens is 296 g/mol. The summed E-state index contributed by atoms with van der Waals surface area (Å²) in [6.45, 7) is 4.01. The van der Waals surface area contributed by atoms with E-state index >= 15 is 0 Å². The van der Waals surface area contributed by atoms with Gasteiger partial charge < -0.3 is 13.9 Å². The molecule has 6 nitrogen and oxygen atoms in total. The second-order valence-electron chi connectivity index (χ2n) is 5.05. The van der Waals surface area contributed by atoms with Crippen LogP contribution < -0.4 is 10.1 Å². The average molecular weight is 316 g/mol. The van der Waals surface area contributed by atoms with Gasteiger partial charge in [0.1, 0.15) is 18.1 Å². The van der Waals surface area contributed by atoms with Gasteiger partial charge in [-0.25, -0.2) is 4.99 Å². The van der Waals surface area contributed by atoms with E-state index in [1.807, 2.05) is 13.8 Å². The van der Waals surface area contributed by atoms with Crippen molar-refractivity contribution in [3.63, 3.8) is 0 Å². The molecule has 23 heavy (non-hydrogen) atoms. The lowest BCUT2D eigenvalue weighted by Crippen LogP contribution is -2.34. The van der Waals surface area contributed by atoms with Crippen LogP contribution in [-0.2, 0) is 11.3 Å². The van der Waals surface area contributed by atoms with E-state index in [9.17, 15) is 4.79 Å². The van der Waals surface area contributed by atoms with Gasteiger partial charge in [-0.2, -0.15) is 0 Å². The van der Waals surface area contributed by atoms with Crippen molar-refractivity contribution >= 4 is 11.9 Å². The number of furan rings is 1. The molecule has 2 rings (SSSR count). The third kappa shape index (κ3) is 5.18. The third-order valence-electron chi connectivity index (χ3n) is 2.86. The summed E-state index contributed by atoms with van der Waals surface area (Å²) in [4.78, 5) is 16.6. The van der Waals surface area contributed by atoms with E-state index in [0.29, 0.717) is 17.1 Å². The fourth-order valence-electron chi connectivity index (χ4n) is 1.82. The smallest absolute Gasteiger partial charge is 0.292 e. The van der Waals surface area contributed by atoms with Crippen LogP contribution in [0, 0.1) is 0 Å². The second kappa shape index (κ2) is 8.03. The molecule has 1 aromatic heterocycles. The molecule has 0 saturated carbocycles. The molecule has 0 saturated heterocycles. The Morgan fingerprint density at radius 2 is 2.13 bits per heavy atom. The number of amidine groups is 1. The Balaban J connectivity index is 2.09. The van der Waals surface area contributed by atoms with Crippen LogP contribution in [-0.4, -0.2) is 25.1 Å². The van der Waals surface area contributed by atoms with Crippen molar-refractivity contribution < 1.29 is 18.7 Å². The number of carbonyl (C=O) groups is 1. The van der Waals surface area contributed by atoms with Gasteiger partial charge >= 0.3 is 0 Å². The van der Waals surface area contributed by atoms with Crippen molar-refractivity contribution in [1.82, 2.24) is 5.32 Å². The van der Waals surface area contributed by atoms with Crippen LogP contribution in [0.25, 0.3) is 0 Å². The van der Waals surface area contributed by atoms with Gasteiger partial charge in [-0.05, 0) is 44.2 Å². The van der Waals surface area contributed by atoms with Crippen molar-refractivity contribution in [1.29, 1.82) is 0 Å². The topological polar surface area (TPSA) is 73.1 Å². The minimum absolute atomic E-state index is 0.115. The summed E-state index contributed by atoms with van der Waals surface area (Å²) in [5.41, 5.74) is 0.461. The number of benzene rings is 1. The molecule has 1 amide bonds. The number of aliphatic imine (C=N–C) groups is 1. The summed E-state index contributed by atoms with van der Waals surface area (Å²) >= 11 is 0. The highest BCUT2D eigenvalue weighted by Crippen LogP contribution is 2.12.